The minimum absolute atomic E-state index is 0.196. The van der Waals surface area contributed by atoms with Gasteiger partial charge in [0.05, 0.1) is 29.5 Å². The van der Waals surface area contributed by atoms with Crippen molar-refractivity contribution in [2.45, 2.75) is 26.7 Å². The van der Waals surface area contributed by atoms with Gasteiger partial charge in [0.15, 0.2) is 5.13 Å². The molecule has 0 saturated carbocycles. The summed E-state index contributed by atoms with van der Waals surface area (Å²) in [7, 11) is 0. The summed E-state index contributed by atoms with van der Waals surface area (Å²) in [5, 5.41) is 5.08. The maximum absolute atomic E-state index is 5.56. The normalized spacial score (nSPS) is 24.5. The van der Waals surface area contributed by atoms with Gasteiger partial charge in [-0.3, -0.25) is 0 Å². The molecule has 0 radical (unpaired) electrons. The predicted octanol–water partition coefficient (Wildman–Crippen LogP) is 1.61. The Balaban J connectivity index is 1.93. The van der Waals surface area contributed by atoms with Gasteiger partial charge in [-0.2, -0.15) is 5.10 Å². The monoisotopic (exact) mass is 280 g/mol. The maximum atomic E-state index is 5.56. The zero-order chi connectivity index (χ0) is 13.5. The van der Waals surface area contributed by atoms with E-state index in [4.69, 9.17) is 15.6 Å². The van der Waals surface area contributed by atoms with Gasteiger partial charge in [-0.05, 0) is 18.3 Å². The lowest BCUT2D eigenvalue weighted by atomic mass is 9.78. The highest BCUT2D eigenvalue weighted by Gasteiger charge is 2.33. The number of nitrogens with zero attached hydrogens (tertiary/aromatic N) is 3. The average molecular weight is 280 g/mol. The fraction of sp³-hybridized carbons (Fsp3) is 0.692. The molecular formula is C13H20N4OS. The number of fused-ring (bicyclic) bond motifs is 1. The summed E-state index contributed by atoms with van der Waals surface area (Å²) in [6.07, 6.45) is 1.93. The summed E-state index contributed by atoms with van der Waals surface area (Å²) in [5.74, 6) is 5.56. The van der Waals surface area contributed by atoms with Crippen molar-refractivity contribution < 1.29 is 4.74 Å². The molecule has 6 heteroatoms. The quantitative estimate of drug-likeness (QED) is 0.627. The second-order valence-corrected chi connectivity index (χ2v) is 6.94. The molecule has 1 saturated heterocycles. The van der Waals surface area contributed by atoms with E-state index in [1.807, 2.05) is 0 Å². The van der Waals surface area contributed by atoms with Crippen LogP contribution < -0.4 is 10.7 Å². The second kappa shape index (κ2) is 4.76. The Bertz CT molecular complexity index is 503. The van der Waals surface area contributed by atoms with Crippen molar-refractivity contribution in [1.82, 2.24) is 4.98 Å². The van der Waals surface area contributed by atoms with Crippen LogP contribution in [-0.4, -0.2) is 37.0 Å². The van der Waals surface area contributed by atoms with Gasteiger partial charge in [0, 0.05) is 13.1 Å². The molecule has 0 spiro atoms. The van der Waals surface area contributed by atoms with Gasteiger partial charge in [-0.15, -0.1) is 0 Å². The first kappa shape index (κ1) is 12.9. The zero-order valence-electron chi connectivity index (χ0n) is 11.5. The number of hydrogen-bond donors (Lipinski definition) is 1. The molecule has 1 fully saturated rings. The van der Waals surface area contributed by atoms with E-state index in [1.54, 1.807) is 11.3 Å². The first-order chi connectivity index (χ1) is 9.09. The number of ether oxygens (including phenoxy) is 1. The Hall–Kier alpha value is -1.14. The molecule has 5 nitrogen and oxygen atoms in total. The molecule has 0 amide bonds. The topological polar surface area (TPSA) is 63.7 Å². The van der Waals surface area contributed by atoms with E-state index in [9.17, 15) is 0 Å². The molecule has 19 heavy (non-hydrogen) atoms. The van der Waals surface area contributed by atoms with Crippen LogP contribution in [0.3, 0.4) is 0 Å². The Kier molecular flexibility index (Phi) is 3.22. The fourth-order valence-electron chi connectivity index (χ4n) is 2.73. The second-order valence-electron chi connectivity index (χ2n) is 5.97. The van der Waals surface area contributed by atoms with E-state index in [0.717, 1.165) is 55.7 Å². The van der Waals surface area contributed by atoms with Crippen molar-refractivity contribution in [2.75, 3.05) is 31.2 Å². The largest absolute Gasteiger partial charge is 0.378 e. The number of anilines is 1. The molecule has 1 aliphatic heterocycles. The molecule has 1 aliphatic carbocycles. The van der Waals surface area contributed by atoms with Crippen LogP contribution in [0.2, 0.25) is 0 Å². The van der Waals surface area contributed by atoms with Crippen LogP contribution in [0.15, 0.2) is 5.10 Å². The molecule has 0 unspecified atom stereocenters. The van der Waals surface area contributed by atoms with Crippen molar-refractivity contribution in [1.29, 1.82) is 0 Å². The van der Waals surface area contributed by atoms with Gasteiger partial charge >= 0.3 is 0 Å². The third-order valence-electron chi connectivity index (χ3n) is 3.68. The highest BCUT2D eigenvalue weighted by Crippen LogP contribution is 2.39. The molecule has 1 aromatic heterocycles. The number of hydrogen-bond acceptors (Lipinski definition) is 6. The Morgan fingerprint density at radius 2 is 2.05 bits per heavy atom. The zero-order valence-corrected chi connectivity index (χ0v) is 12.3. The number of morpholine rings is 1. The molecule has 1 aromatic rings. The van der Waals surface area contributed by atoms with Crippen molar-refractivity contribution in [3.63, 3.8) is 0 Å². The molecule has 0 aromatic carbocycles. The van der Waals surface area contributed by atoms with Crippen molar-refractivity contribution in [3.8, 4) is 0 Å². The summed E-state index contributed by atoms with van der Waals surface area (Å²) in [5.41, 5.74) is 2.36. The summed E-state index contributed by atoms with van der Waals surface area (Å²) in [4.78, 5) is 8.30. The van der Waals surface area contributed by atoms with Gasteiger partial charge in [0.25, 0.3) is 0 Å². The lowest BCUT2D eigenvalue weighted by molar-refractivity contribution is 0.122. The predicted molar refractivity (Wildman–Crippen MR) is 78.0 cm³/mol. The Morgan fingerprint density at radius 3 is 2.74 bits per heavy atom. The Morgan fingerprint density at radius 1 is 1.32 bits per heavy atom. The minimum Gasteiger partial charge on any atom is -0.378 e. The van der Waals surface area contributed by atoms with Gasteiger partial charge in [-0.1, -0.05) is 25.2 Å². The van der Waals surface area contributed by atoms with Gasteiger partial charge in [0.2, 0.25) is 0 Å². The first-order valence-electron chi connectivity index (χ1n) is 6.68. The van der Waals surface area contributed by atoms with Crippen molar-refractivity contribution in [3.05, 3.63) is 10.6 Å². The van der Waals surface area contributed by atoms with Crippen LogP contribution in [0.1, 0.15) is 30.8 Å². The van der Waals surface area contributed by atoms with E-state index in [-0.39, 0.29) is 5.41 Å². The number of rotatable bonds is 1. The number of thiazole rings is 1. The van der Waals surface area contributed by atoms with E-state index in [1.165, 1.54) is 4.88 Å². The minimum atomic E-state index is 0.196. The third-order valence-corrected chi connectivity index (χ3v) is 4.89. The van der Waals surface area contributed by atoms with Gasteiger partial charge < -0.3 is 15.5 Å². The van der Waals surface area contributed by atoms with Crippen LogP contribution >= 0.6 is 11.3 Å². The fourth-order valence-corrected chi connectivity index (χ4v) is 3.86. The number of nitrogens with two attached hydrogens (primary N) is 1. The lowest BCUT2D eigenvalue weighted by Gasteiger charge is -2.28. The van der Waals surface area contributed by atoms with E-state index in [2.05, 4.69) is 23.8 Å². The summed E-state index contributed by atoms with van der Waals surface area (Å²) in [6.45, 7) is 7.90. The molecule has 104 valence electrons. The van der Waals surface area contributed by atoms with Crippen molar-refractivity contribution >= 4 is 22.2 Å². The average Bonchev–Trinajstić information content (AvgIpc) is 2.81. The summed E-state index contributed by atoms with van der Waals surface area (Å²) < 4.78 is 5.39. The molecule has 2 N–H and O–H groups in total. The Labute approximate surface area is 117 Å². The van der Waals surface area contributed by atoms with E-state index in [0.29, 0.717) is 0 Å². The molecule has 0 bridgehead atoms. The van der Waals surface area contributed by atoms with Crippen LogP contribution in [0.5, 0.6) is 0 Å². The van der Waals surface area contributed by atoms with Crippen LogP contribution in [0.25, 0.3) is 0 Å². The smallest absolute Gasteiger partial charge is 0.186 e. The lowest BCUT2D eigenvalue weighted by Crippen LogP contribution is -2.36. The SMILES string of the molecule is CC1(C)C/C(=N\N)c2sc(N3CCOCC3)nc2C1. The third kappa shape index (κ3) is 2.47. The molecule has 3 rings (SSSR count). The number of hydrazone groups is 1. The maximum Gasteiger partial charge on any atom is 0.186 e. The molecule has 0 atom stereocenters. The molecular weight excluding hydrogens is 260 g/mol. The first-order valence-corrected chi connectivity index (χ1v) is 7.50. The van der Waals surface area contributed by atoms with Crippen LogP contribution in [0.4, 0.5) is 5.13 Å². The highest BCUT2D eigenvalue weighted by atomic mass is 32.1. The van der Waals surface area contributed by atoms with E-state index < -0.39 is 0 Å². The summed E-state index contributed by atoms with van der Waals surface area (Å²) in [6, 6.07) is 0. The standard InChI is InChI=1S/C13H20N4OS/c1-13(2)7-9-11(10(8-13)16-14)19-12(15-9)17-3-5-18-6-4-17/h3-8,14H2,1-2H3/b16-10+. The van der Waals surface area contributed by atoms with Crippen LogP contribution in [0, 0.1) is 5.41 Å². The number of aromatic nitrogens is 1. The molecule has 2 heterocycles. The van der Waals surface area contributed by atoms with Gasteiger partial charge in [0.1, 0.15) is 0 Å². The van der Waals surface area contributed by atoms with E-state index >= 15 is 0 Å². The van der Waals surface area contributed by atoms with Gasteiger partial charge in [-0.25, -0.2) is 4.98 Å². The van der Waals surface area contributed by atoms with Crippen LogP contribution in [-0.2, 0) is 11.2 Å². The van der Waals surface area contributed by atoms with Crippen molar-refractivity contribution in [2.24, 2.45) is 16.4 Å². The molecule has 2 aliphatic rings. The highest BCUT2D eigenvalue weighted by molar-refractivity contribution is 7.17. The summed E-state index contributed by atoms with van der Waals surface area (Å²) >= 11 is 1.72.